The number of nitrogens with one attached hydrogen (secondary N) is 2. The number of aliphatic imine (C=N–C) groups is 1. The van der Waals surface area contributed by atoms with Gasteiger partial charge in [0.15, 0.2) is 0 Å². The summed E-state index contributed by atoms with van der Waals surface area (Å²) in [6.45, 7) is 2.37. The Kier molecular flexibility index (Phi) is 9.02. The molecule has 126 valence electrons. The number of hydrogen-bond donors (Lipinski definition) is 2. The summed E-state index contributed by atoms with van der Waals surface area (Å²) in [6, 6.07) is 6.49. The first-order chi connectivity index (χ1) is 11.6. The van der Waals surface area contributed by atoms with Gasteiger partial charge >= 0.3 is 0 Å². The molecule has 0 spiro atoms. The van der Waals surface area contributed by atoms with Gasteiger partial charge in [0.05, 0.1) is 24.9 Å². The number of terminal acetylenes is 1. The molecule has 1 aromatic rings. The van der Waals surface area contributed by atoms with Crippen LogP contribution in [0.25, 0.3) is 0 Å². The molecule has 7 heteroatoms. The normalized spacial score (nSPS) is 10.8. The van der Waals surface area contributed by atoms with Crippen LogP contribution in [0, 0.1) is 12.3 Å². The van der Waals surface area contributed by atoms with Gasteiger partial charge in [0.1, 0.15) is 6.04 Å². The highest BCUT2D eigenvalue weighted by molar-refractivity contribution is 7.78. The van der Waals surface area contributed by atoms with Gasteiger partial charge < -0.3 is 15.4 Å². The number of rotatable bonds is 9. The van der Waals surface area contributed by atoms with E-state index in [9.17, 15) is 9.59 Å². The average molecular weight is 345 g/mol. The van der Waals surface area contributed by atoms with Gasteiger partial charge in [0.25, 0.3) is 0 Å². The number of benzene rings is 1. The Balaban J connectivity index is 2.51. The first-order valence-electron chi connectivity index (χ1n) is 7.28. The first kappa shape index (κ1) is 19.5. The molecule has 0 radical (unpaired) electrons. The fourth-order valence-corrected chi connectivity index (χ4v) is 1.91. The second-order valence-electron chi connectivity index (χ2n) is 4.86. The summed E-state index contributed by atoms with van der Waals surface area (Å²) in [7, 11) is 0. The minimum absolute atomic E-state index is 0.0500. The van der Waals surface area contributed by atoms with Crippen molar-refractivity contribution >= 4 is 29.2 Å². The number of thiocarbonyl (C=S) groups is 1. The molecule has 0 aliphatic heterocycles. The quantitative estimate of drug-likeness (QED) is 0.302. The number of isothiocyanates is 1. The van der Waals surface area contributed by atoms with Crippen LogP contribution in [-0.2, 0) is 20.9 Å². The number of hydrogen-bond acceptors (Lipinski definition) is 5. The van der Waals surface area contributed by atoms with Gasteiger partial charge in [-0.1, -0.05) is 18.1 Å². The Labute approximate surface area is 146 Å². The van der Waals surface area contributed by atoms with E-state index in [0.29, 0.717) is 19.7 Å². The summed E-state index contributed by atoms with van der Waals surface area (Å²) in [5.74, 6) is 1.89. The van der Waals surface area contributed by atoms with Crippen molar-refractivity contribution in [2.45, 2.75) is 19.5 Å². The van der Waals surface area contributed by atoms with Crippen LogP contribution in [-0.4, -0.2) is 42.8 Å². The van der Waals surface area contributed by atoms with Crippen molar-refractivity contribution in [2.75, 3.05) is 19.8 Å². The monoisotopic (exact) mass is 345 g/mol. The largest absolute Gasteiger partial charge is 0.377 e. The molecule has 0 aliphatic rings. The van der Waals surface area contributed by atoms with Crippen molar-refractivity contribution in [3.63, 3.8) is 0 Å². The van der Waals surface area contributed by atoms with Gasteiger partial charge in [-0.3, -0.25) is 9.59 Å². The molecule has 0 unspecified atom stereocenters. The standard InChI is InChI=1S/C17H19N3O3S/c1-3-14-4-6-15(7-5-14)10-19-17(22)16(20-13(2)21)11-23-9-8-18-12-24/h1,4-7,16H,8-11H2,2H3,(H,19,22)(H,20,21)/t16-/m1/s1. The van der Waals surface area contributed by atoms with Crippen molar-refractivity contribution in [2.24, 2.45) is 4.99 Å². The number of carbonyl (C=O) groups excluding carboxylic acids is 2. The van der Waals surface area contributed by atoms with Crippen LogP contribution in [0.4, 0.5) is 0 Å². The number of carbonyl (C=O) groups is 2. The number of ether oxygens (including phenoxy) is 1. The predicted molar refractivity (Wildman–Crippen MR) is 94.5 cm³/mol. The zero-order valence-electron chi connectivity index (χ0n) is 13.4. The lowest BCUT2D eigenvalue weighted by molar-refractivity contribution is -0.129. The fourth-order valence-electron chi connectivity index (χ4n) is 1.82. The third-order valence-corrected chi connectivity index (χ3v) is 3.11. The maximum Gasteiger partial charge on any atom is 0.245 e. The van der Waals surface area contributed by atoms with Gasteiger partial charge in [0.2, 0.25) is 11.8 Å². The minimum atomic E-state index is -0.774. The summed E-state index contributed by atoms with van der Waals surface area (Å²) in [5.41, 5.74) is 1.67. The van der Waals surface area contributed by atoms with Crippen LogP contribution >= 0.6 is 12.2 Å². The third kappa shape index (κ3) is 7.65. The maximum atomic E-state index is 12.2. The summed E-state index contributed by atoms with van der Waals surface area (Å²) in [5, 5.41) is 7.54. The summed E-state index contributed by atoms with van der Waals surface area (Å²) < 4.78 is 5.32. The SMILES string of the molecule is C#Cc1ccc(CNC(=O)[C@@H](COCCN=C=S)NC(C)=O)cc1. The Morgan fingerprint density at radius 3 is 2.67 bits per heavy atom. The lowest BCUT2D eigenvalue weighted by atomic mass is 10.1. The van der Waals surface area contributed by atoms with E-state index in [1.54, 1.807) is 12.1 Å². The van der Waals surface area contributed by atoms with E-state index in [1.807, 2.05) is 12.1 Å². The molecule has 6 nitrogen and oxygen atoms in total. The van der Waals surface area contributed by atoms with Crippen LogP contribution in [0.1, 0.15) is 18.1 Å². The third-order valence-electron chi connectivity index (χ3n) is 2.98. The molecule has 0 bridgehead atoms. The lowest BCUT2D eigenvalue weighted by Crippen LogP contribution is -2.48. The van der Waals surface area contributed by atoms with E-state index in [2.05, 4.69) is 38.9 Å². The molecule has 0 saturated carbocycles. The van der Waals surface area contributed by atoms with E-state index >= 15 is 0 Å². The second kappa shape index (κ2) is 11.1. The molecule has 1 aromatic carbocycles. The molecular weight excluding hydrogens is 326 g/mol. The predicted octanol–water partition coefficient (Wildman–Crippen LogP) is 0.908. The highest BCUT2D eigenvalue weighted by Crippen LogP contribution is 2.03. The van der Waals surface area contributed by atoms with Crippen molar-refractivity contribution in [3.8, 4) is 12.3 Å². The average Bonchev–Trinajstić information content (AvgIpc) is 2.58. The molecule has 1 rings (SSSR count). The highest BCUT2D eigenvalue weighted by atomic mass is 32.1. The Bertz CT molecular complexity index is 646. The van der Waals surface area contributed by atoms with Crippen LogP contribution in [0.3, 0.4) is 0 Å². The lowest BCUT2D eigenvalue weighted by Gasteiger charge is -2.17. The van der Waals surface area contributed by atoms with Crippen molar-refractivity contribution in [1.29, 1.82) is 0 Å². The molecule has 2 N–H and O–H groups in total. The molecule has 0 aliphatic carbocycles. The molecule has 2 amide bonds. The number of nitrogens with zero attached hydrogens (tertiary/aromatic N) is 1. The van der Waals surface area contributed by atoms with E-state index in [0.717, 1.165) is 11.1 Å². The topological polar surface area (TPSA) is 79.8 Å². The Morgan fingerprint density at radius 1 is 1.38 bits per heavy atom. The van der Waals surface area contributed by atoms with Crippen LogP contribution in [0.15, 0.2) is 29.3 Å². The zero-order valence-corrected chi connectivity index (χ0v) is 14.2. The van der Waals surface area contributed by atoms with E-state index in [1.165, 1.54) is 6.92 Å². The minimum Gasteiger partial charge on any atom is -0.377 e. The smallest absolute Gasteiger partial charge is 0.245 e. The van der Waals surface area contributed by atoms with E-state index < -0.39 is 6.04 Å². The molecule has 1 atom stereocenters. The van der Waals surface area contributed by atoms with Crippen LogP contribution in [0.2, 0.25) is 0 Å². The van der Waals surface area contributed by atoms with Crippen molar-refractivity contribution < 1.29 is 14.3 Å². The first-order valence-corrected chi connectivity index (χ1v) is 7.69. The second-order valence-corrected chi connectivity index (χ2v) is 5.04. The van der Waals surface area contributed by atoms with E-state index in [4.69, 9.17) is 11.2 Å². The highest BCUT2D eigenvalue weighted by Gasteiger charge is 2.19. The van der Waals surface area contributed by atoms with E-state index in [-0.39, 0.29) is 18.4 Å². The van der Waals surface area contributed by atoms with Gasteiger partial charge in [0, 0.05) is 19.0 Å². The molecule has 0 heterocycles. The van der Waals surface area contributed by atoms with Gasteiger partial charge in [-0.2, -0.15) is 0 Å². The van der Waals surface area contributed by atoms with Crippen molar-refractivity contribution in [1.82, 2.24) is 10.6 Å². The number of amides is 2. The Morgan fingerprint density at radius 2 is 2.08 bits per heavy atom. The molecule has 0 fully saturated rings. The van der Waals surface area contributed by atoms with Gasteiger partial charge in [-0.15, -0.1) is 6.42 Å². The van der Waals surface area contributed by atoms with Crippen LogP contribution in [0.5, 0.6) is 0 Å². The molecule has 24 heavy (non-hydrogen) atoms. The van der Waals surface area contributed by atoms with Gasteiger partial charge in [-0.25, -0.2) is 4.99 Å². The summed E-state index contributed by atoms with van der Waals surface area (Å²) in [4.78, 5) is 27.1. The van der Waals surface area contributed by atoms with Crippen molar-refractivity contribution in [3.05, 3.63) is 35.4 Å². The maximum absolute atomic E-state index is 12.2. The fraction of sp³-hybridized carbons (Fsp3) is 0.353. The molecule has 0 saturated heterocycles. The Hall–Kier alpha value is -2.52. The van der Waals surface area contributed by atoms with Crippen LogP contribution < -0.4 is 10.6 Å². The zero-order chi connectivity index (χ0) is 17.8. The summed E-state index contributed by atoms with van der Waals surface area (Å²) in [6.07, 6.45) is 5.29. The van der Waals surface area contributed by atoms with Gasteiger partial charge in [-0.05, 0) is 29.9 Å². The molecule has 0 aromatic heterocycles. The molecular formula is C17H19N3O3S. The summed E-state index contributed by atoms with van der Waals surface area (Å²) >= 11 is 4.44.